The Hall–Kier alpha value is -1.03. The van der Waals surface area contributed by atoms with Crippen LogP contribution >= 0.6 is 0 Å². The monoisotopic (exact) mass is 268 g/mol. The van der Waals surface area contributed by atoms with Gasteiger partial charge in [0, 0.05) is 19.6 Å². The molecular weight excluding hydrogens is 240 g/mol. The van der Waals surface area contributed by atoms with E-state index in [9.17, 15) is 4.79 Å². The van der Waals surface area contributed by atoms with E-state index in [-0.39, 0.29) is 6.09 Å². The maximum Gasteiger partial charge on any atom is 0.410 e. The van der Waals surface area contributed by atoms with Gasteiger partial charge in [0.2, 0.25) is 0 Å². The summed E-state index contributed by atoms with van der Waals surface area (Å²) in [4.78, 5) is 16.0. The molecule has 1 aliphatic heterocycles. The molecule has 0 radical (unpaired) electrons. The first-order valence-corrected chi connectivity index (χ1v) is 7.08. The van der Waals surface area contributed by atoms with Crippen LogP contribution in [0.5, 0.6) is 0 Å². The van der Waals surface area contributed by atoms with Crippen molar-refractivity contribution in [3.8, 4) is 0 Å². The third-order valence-electron chi connectivity index (χ3n) is 3.03. The van der Waals surface area contributed by atoms with E-state index in [4.69, 9.17) is 4.74 Å². The summed E-state index contributed by atoms with van der Waals surface area (Å²) in [6.45, 7) is 8.27. The van der Waals surface area contributed by atoms with Crippen LogP contribution in [0.3, 0.4) is 0 Å². The Labute approximate surface area is 117 Å². The Kier molecular flexibility index (Phi) is 5.85. The molecule has 1 amide bonds. The SMILES string of the molecule is CN(C)CC=C1CCCN(C(=O)OC(C)(C)C)CC1. The second-order valence-corrected chi connectivity index (χ2v) is 6.45. The van der Waals surface area contributed by atoms with E-state index in [0.29, 0.717) is 0 Å². The minimum atomic E-state index is -0.410. The van der Waals surface area contributed by atoms with Crippen LogP contribution in [0.15, 0.2) is 11.6 Å². The van der Waals surface area contributed by atoms with Crippen molar-refractivity contribution in [3.63, 3.8) is 0 Å². The van der Waals surface area contributed by atoms with Gasteiger partial charge in [-0.1, -0.05) is 11.6 Å². The molecule has 0 bridgehead atoms. The molecule has 0 aromatic heterocycles. The Bertz CT molecular complexity index is 330. The largest absolute Gasteiger partial charge is 0.444 e. The van der Waals surface area contributed by atoms with E-state index in [1.165, 1.54) is 5.57 Å². The third-order valence-corrected chi connectivity index (χ3v) is 3.03. The second-order valence-electron chi connectivity index (χ2n) is 6.45. The van der Waals surface area contributed by atoms with Gasteiger partial charge in [-0.2, -0.15) is 0 Å². The Morgan fingerprint density at radius 2 is 2.00 bits per heavy atom. The van der Waals surface area contributed by atoms with Crippen LogP contribution in [0.2, 0.25) is 0 Å². The lowest BCUT2D eigenvalue weighted by Crippen LogP contribution is -2.37. The van der Waals surface area contributed by atoms with Crippen molar-refractivity contribution in [2.75, 3.05) is 33.7 Å². The number of hydrogen-bond acceptors (Lipinski definition) is 3. The molecule has 0 unspecified atom stereocenters. The van der Waals surface area contributed by atoms with Gasteiger partial charge in [-0.15, -0.1) is 0 Å². The summed E-state index contributed by atoms with van der Waals surface area (Å²) < 4.78 is 5.43. The first-order chi connectivity index (χ1) is 8.78. The lowest BCUT2D eigenvalue weighted by atomic mass is 10.1. The molecule has 19 heavy (non-hydrogen) atoms. The zero-order chi connectivity index (χ0) is 14.5. The normalized spacial score (nSPS) is 19.7. The number of rotatable bonds is 2. The summed E-state index contributed by atoms with van der Waals surface area (Å²) in [5.41, 5.74) is 1.05. The highest BCUT2D eigenvalue weighted by Gasteiger charge is 2.23. The molecule has 1 rings (SSSR count). The molecule has 1 saturated heterocycles. The fourth-order valence-electron chi connectivity index (χ4n) is 2.04. The Morgan fingerprint density at radius 1 is 1.32 bits per heavy atom. The minimum Gasteiger partial charge on any atom is -0.444 e. The molecule has 4 nitrogen and oxygen atoms in total. The van der Waals surface area contributed by atoms with E-state index in [2.05, 4.69) is 25.1 Å². The van der Waals surface area contributed by atoms with E-state index < -0.39 is 5.60 Å². The standard InChI is InChI=1S/C15H28N2O2/c1-15(2,3)19-14(18)17-10-6-7-13(9-12-17)8-11-16(4)5/h8H,6-7,9-12H2,1-5H3. The van der Waals surface area contributed by atoms with E-state index >= 15 is 0 Å². The fraction of sp³-hybridized carbons (Fsp3) is 0.800. The zero-order valence-electron chi connectivity index (χ0n) is 13.0. The minimum absolute atomic E-state index is 0.179. The van der Waals surface area contributed by atoms with Gasteiger partial charge in [-0.05, 0) is 54.1 Å². The van der Waals surface area contributed by atoms with E-state index in [1.807, 2.05) is 25.7 Å². The first-order valence-electron chi connectivity index (χ1n) is 7.08. The van der Waals surface area contributed by atoms with Crippen LogP contribution in [0.4, 0.5) is 4.79 Å². The average molecular weight is 268 g/mol. The quantitative estimate of drug-likeness (QED) is 0.722. The lowest BCUT2D eigenvalue weighted by Gasteiger charge is -2.26. The first kappa shape index (κ1) is 16.0. The second kappa shape index (κ2) is 6.94. The van der Waals surface area contributed by atoms with Crippen LogP contribution in [-0.4, -0.2) is 55.2 Å². The maximum absolute atomic E-state index is 12.0. The molecule has 1 heterocycles. The van der Waals surface area contributed by atoms with Gasteiger partial charge in [-0.3, -0.25) is 0 Å². The number of carbonyl (C=O) groups is 1. The molecule has 4 heteroatoms. The molecule has 110 valence electrons. The summed E-state index contributed by atoms with van der Waals surface area (Å²) in [6.07, 6.45) is 5.19. The zero-order valence-corrected chi connectivity index (χ0v) is 13.0. The van der Waals surface area contributed by atoms with E-state index in [0.717, 1.165) is 38.9 Å². The van der Waals surface area contributed by atoms with Gasteiger partial charge in [-0.25, -0.2) is 4.79 Å². The number of nitrogens with zero attached hydrogens (tertiary/aromatic N) is 2. The highest BCUT2D eigenvalue weighted by molar-refractivity contribution is 5.68. The van der Waals surface area contributed by atoms with Gasteiger partial charge in [0.15, 0.2) is 0 Å². The summed E-state index contributed by atoms with van der Waals surface area (Å²) >= 11 is 0. The van der Waals surface area contributed by atoms with Gasteiger partial charge in [0.05, 0.1) is 0 Å². The Balaban J connectivity index is 2.50. The van der Waals surface area contributed by atoms with Crippen molar-refractivity contribution in [2.24, 2.45) is 0 Å². The molecule has 1 aliphatic rings. The molecule has 0 aromatic carbocycles. The van der Waals surface area contributed by atoms with Crippen LogP contribution in [-0.2, 0) is 4.74 Å². The molecule has 0 saturated carbocycles. The van der Waals surface area contributed by atoms with Crippen molar-refractivity contribution in [3.05, 3.63) is 11.6 Å². The Morgan fingerprint density at radius 3 is 2.58 bits per heavy atom. The number of likely N-dealkylation sites (N-methyl/N-ethyl adjacent to an activating group) is 1. The fourth-order valence-corrected chi connectivity index (χ4v) is 2.04. The molecule has 0 aliphatic carbocycles. The van der Waals surface area contributed by atoms with Crippen LogP contribution in [0.25, 0.3) is 0 Å². The van der Waals surface area contributed by atoms with Crippen molar-refractivity contribution < 1.29 is 9.53 Å². The van der Waals surface area contributed by atoms with Gasteiger partial charge in [0.25, 0.3) is 0 Å². The summed E-state index contributed by atoms with van der Waals surface area (Å²) in [5, 5.41) is 0. The molecule has 0 aromatic rings. The third kappa shape index (κ3) is 6.62. The van der Waals surface area contributed by atoms with Gasteiger partial charge >= 0.3 is 6.09 Å². The molecular formula is C15H28N2O2. The van der Waals surface area contributed by atoms with Crippen LogP contribution in [0.1, 0.15) is 40.0 Å². The molecule has 0 N–H and O–H groups in total. The molecule has 0 spiro atoms. The average Bonchev–Trinajstić information content (AvgIpc) is 2.49. The summed E-state index contributed by atoms with van der Waals surface area (Å²) in [5.74, 6) is 0. The van der Waals surface area contributed by atoms with E-state index in [1.54, 1.807) is 0 Å². The highest BCUT2D eigenvalue weighted by atomic mass is 16.6. The smallest absolute Gasteiger partial charge is 0.410 e. The molecule has 0 atom stereocenters. The summed E-state index contributed by atoms with van der Waals surface area (Å²) in [6, 6.07) is 0. The predicted molar refractivity (Wildman–Crippen MR) is 78.3 cm³/mol. The number of carbonyl (C=O) groups excluding carboxylic acids is 1. The van der Waals surface area contributed by atoms with Crippen molar-refractivity contribution >= 4 is 6.09 Å². The molecule has 1 fully saturated rings. The maximum atomic E-state index is 12.0. The summed E-state index contributed by atoms with van der Waals surface area (Å²) in [7, 11) is 4.14. The highest BCUT2D eigenvalue weighted by Crippen LogP contribution is 2.18. The topological polar surface area (TPSA) is 32.8 Å². The van der Waals surface area contributed by atoms with Crippen LogP contribution < -0.4 is 0 Å². The van der Waals surface area contributed by atoms with Crippen LogP contribution in [0, 0.1) is 0 Å². The predicted octanol–water partition coefficient (Wildman–Crippen LogP) is 2.90. The van der Waals surface area contributed by atoms with Crippen molar-refractivity contribution in [1.29, 1.82) is 0 Å². The lowest BCUT2D eigenvalue weighted by molar-refractivity contribution is 0.0258. The number of hydrogen-bond donors (Lipinski definition) is 0. The van der Waals surface area contributed by atoms with Gasteiger partial charge in [0.1, 0.15) is 5.60 Å². The number of amides is 1. The van der Waals surface area contributed by atoms with Crippen molar-refractivity contribution in [1.82, 2.24) is 9.80 Å². The number of ether oxygens (including phenoxy) is 1. The van der Waals surface area contributed by atoms with Gasteiger partial charge < -0.3 is 14.5 Å². The van der Waals surface area contributed by atoms with Crippen molar-refractivity contribution in [2.45, 2.75) is 45.6 Å². The number of likely N-dealkylation sites (tertiary alicyclic amines) is 1.